The Morgan fingerprint density at radius 2 is 2.10 bits per heavy atom. The minimum atomic E-state index is -3.64. The Morgan fingerprint density at radius 1 is 1.45 bits per heavy atom. The topological polar surface area (TPSA) is 63.4 Å². The molecular weight excluding hydrogens is 303 g/mol. The Morgan fingerprint density at radius 3 is 2.65 bits per heavy atom. The predicted molar refractivity (Wildman–Crippen MR) is 78.9 cm³/mol. The molecule has 0 saturated carbocycles. The van der Waals surface area contributed by atoms with E-state index in [1.807, 2.05) is 6.92 Å². The van der Waals surface area contributed by atoms with Gasteiger partial charge < -0.3 is 5.73 Å². The van der Waals surface area contributed by atoms with Gasteiger partial charge in [-0.2, -0.15) is 4.31 Å². The second kappa shape index (κ2) is 5.97. The average molecular weight is 323 g/mol. The van der Waals surface area contributed by atoms with E-state index in [4.69, 9.17) is 5.73 Å². The molecule has 20 heavy (non-hydrogen) atoms. The summed E-state index contributed by atoms with van der Waals surface area (Å²) in [5.41, 5.74) is 5.67. The van der Waals surface area contributed by atoms with Crippen molar-refractivity contribution in [1.82, 2.24) is 4.31 Å². The fraction of sp³-hybridized carbons (Fsp3) is 0.538. The van der Waals surface area contributed by atoms with Gasteiger partial charge in [-0.1, -0.05) is 13.0 Å². The molecule has 0 amide bonds. The second-order valence-electron chi connectivity index (χ2n) is 5.47. The molecule has 1 atom stereocenters. The Bertz CT molecular complexity index is 594. The molecule has 2 N–H and O–H groups in total. The molecule has 0 spiro atoms. The first-order valence-corrected chi connectivity index (χ1v) is 7.69. The molecule has 1 aromatic carbocycles. The van der Waals surface area contributed by atoms with Crippen molar-refractivity contribution in [3.63, 3.8) is 0 Å². The van der Waals surface area contributed by atoms with Gasteiger partial charge in [-0.25, -0.2) is 12.8 Å². The molecule has 7 heteroatoms. The first kappa shape index (κ1) is 17.4. The highest BCUT2D eigenvalue weighted by atomic mass is 35.5. The van der Waals surface area contributed by atoms with Crippen LogP contribution in [0.25, 0.3) is 0 Å². The zero-order valence-corrected chi connectivity index (χ0v) is 13.2. The molecule has 114 valence electrons. The van der Waals surface area contributed by atoms with Gasteiger partial charge in [0.05, 0.1) is 4.90 Å². The van der Waals surface area contributed by atoms with E-state index < -0.39 is 15.8 Å². The van der Waals surface area contributed by atoms with E-state index in [2.05, 4.69) is 0 Å². The molecular formula is C13H20ClFN2O2S. The van der Waals surface area contributed by atoms with Crippen molar-refractivity contribution < 1.29 is 12.8 Å². The van der Waals surface area contributed by atoms with Crippen LogP contribution in [0.4, 0.5) is 4.39 Å². The lowest BCUT2D eigenvalue weighted by Gasteiger charge is -2.23. The van der Waals surface area contributed by atoms with E-state index in [9.17, 15) is 12.8 Å². The molecule has 0 aliphatic carbocycles. The average Bonchev–Trinajstić information content (AvgIpc) is 2.77. The van der Waals surface area contributed by atoms with Gasteiger partial charge in [0, 0.05) is 18.7 Å². The lowest BCUT2D eigenvalue weighted by atomic mass is 9.90. The van der Waals surface area contributed by atoms with Crippen LogP contribution in [0, 0.1) is 18.2 Å². The van der Waals surface area contributed by atoms with Crippen LogP contribution in [0.3, 0.4) is 0 Å². The van der Waals surface area contributed by atoms with Crippen molar-refractivity contribution in [1.29, 1.82) is 0 Å². The normalized spacial score (nSPS) is 23.6. The molecule has 1 saturated heterocycles. The lowest BCUT2D eigenvalue weighted by Crippen LogP contribution is -2.34. The summed E-state index contributed by atoms with van der Waals surface area (Å²) in [4.78, 5) is 0.0498. The first-order chi connectivity index (χ1) is 8.80. The maximum Gasteiger partial charge on any atom is 0.243 e. The quantitative estimate of drug-likeness (QED) is 0.924. The van der Waals surface area contributed by atoms with Crippen molar-refractivity contribution in [3.05, 3.63) is 29.6 Å². The monoisotopic (exact) mass is 322 g/mol. The van der Waals surface area contributed by atoms with Crippen LogP contribution in [-0.4, -0.2) is 32.4 Å². The fourth-order valence-corrected chi connectivity index (χ4v) is 4.18. The SMILES string of the molecule is Cc1c(F)cccc1S(=O)(=O)N1CCC(C)(CN)C1.Cl. The zero-order chi connectivity index (χ0) is 14.3. The molecule has 1 heterocycles. The van der Waals surface area contributed by atoms with E-state index >= 15 is 0 Å². The van der Waals surface area contributed by atoms with Crippen LogP contribution in [-0.2, 0) is 10.0 Å². The number of hydrogen-bond acceptors (Lipinski definition) is 3. The van der Waals surface area contributed by atoms with Crippen LogP contribution in [0.2, 0.25) is 0 Å². The van der Waals surface area contributed by atoms with Crippen LogP contribution in [0.5, 0.6) is 0 Å². The Balaban J connectivity index is 0.00000200. The summed E-state index contributed by atoms with van der Waals surface area (Å²) < 4.78 is 40.0. The number of halogens is 2. The molecule has 1 aliphatic heterocycles. The lowest BCUT2D eigenvalue weighted by molar-refractivity contribution is 0.349. The molecule has 0 radical (unpaired) electrons. The first-order valence-electron chi connectivity index (χ1n) is 6.25. The number of nitrogens with two attached hydrogens (primary N) is 1. The summed E-state index contributed by atoms with van der Waals surface area (Å²) in [5, 5.41) is 0. The van der Waals surface area contributed by atoms with Crippen LogP contribution in [0.15, 0.2) is 23.1 Å². The van der Waals surface area contributed by atoms with Crippen LogP contribution in [0.1, 0.15) is 18.9 Å². The molecule has 4 nitrogen and oxygen atoms in total. The summed E-state index contributed by atoms with van der Waals surface area (Å²) in [7, 11) is -3.64. The summed E-state index contributed by atoms with van der Waals surface area (Å²) >= 11 is 0. The number of hydrogen-bond donors (Lipinski definition) is 1. The molecule has 2 rings (SSSR count). The predicted octanol–water partition coefficient (Wildman–Crippen LogP) is 1.92. The minimum Gasteiger partial charge on any atom is -0.330 e. The number of benzene rings is 1. The smallest absolute Gasteiger partial charge is 0.243 e. The van der Waals surface area contributed by atoms with Crippen molar-refractivity contribution in [2.24, 2.45) is 11.1 Å². The van der Waals surface area contributed by atoms with Gasteiger partial charge in [0.15, 0.2) is 0 Å². The number of sulfonamides is 1. The Kier molecular flexibility index (Phi) is 5.18. The van der Waals surface area contributed by atoms with Gasteiger partial charge in [0.25, 0.3) is 0 Å². The van der Waals surface area contributed by atoms with E-state index in [1.165, 1.54) is 29.4 Å². The summed E-state index contributed by atoms with van der Waals surface area (Å²) in [6.45, 7) is 4.73. The maximum atomic E-state index is 13.5. The fourth-order valence-electron chi connectivity index (χ4n) is 2.36. The highest BCUT2D eigenvalue weighted by molar-refractivity contribution is 7.89. The molecule has 0 aromatic heterocycles. The largest absolute Gasteiger partial charge is 0.330 e. The summed E-state index contributed by atoms with van der Waals surface area (Å²) in [6, 6.07) is 4.14. The summed E-state index contributed by atoms with van der Waals surface area (Å²) in [5.74, 6) is -0.498. The highest BCUT2D eigenvalue weighted by Crippen LogP contribution is 2.33. The van der Waals surface area contributed by atoms with E-state index in [-0.39, 0.29) is 28.3 Å². The van der Waals surface area contributed by atoms with Crippen LogP contribution >= 0.6 is 12.4 Å². The van der Waals surface area contributed by atoms with Crippen molar-refractivity contribution in [3.8, 4) is 0 Å². The minimum absolute atomic E-state index is 0. The third-order valence-corrected chi connectivity index (χ3v) is 5.84. The number of rotatable bonds is 3. The third kappa shape index (κ3) is 2.98. The Labute approximate surface area is 125 Å². The van der Waals surface area contributed by atoms with E-state index in [1.54, 1.807) is 0 Å². The maximum absolute atomic E-state index is 13.5. The van der Waals surface area contributed by atoms with Gasteiger partial charge in [-0.15, -0.1) is 12.4 Å². The standard InChI is InChI=1S/C13H19FN2O2S.ClH/c1-10-11(14)4-3-5-12(10)19(17,18)16-7-6-13(2,8-15)9-16;/h3-5H,6-9,15H2,1-2H3;1H. The van der Waals surface area contributed by atoms with Gasteiger partial charge >= 0.3 is 0 Å². The van der Waals surface area contributed by atoms with Gasteiger partial charge in [0.1, 0.15) is 5.82 Å². The molecule has 0 bridgehead atoms. The number of nitrogens with zero attached hydrogens (tertiary/aromatic N) is 1. The van der Waals surface area contributed by atoms with Crippen molar-refractivity contribution >= 4 is 22.4 Å². The molecule has 1 aliphatic rings. The van der Waals surface area contributed by atoms with Crippen molar-refractivity contribution in [2.75, 3.05) is 19.6 Å². The summed E-state index contributed by atoms with van der Waals surface area (Å²) in [6.07, 6.45) is 0.733. The van der Waals surface area contributed by atoms with E-state index in [0.717, 1.165) is 6.42 Å². The third-order valence-electron chi connectivity index (χ3n) is 3.85. The van der Waals surface area contributed by atoms with Crippen molar-refractivity contribution in [2.45, 2.75) is 25.2 Å². The van der Waals surface area contributed by atoms with E-state index in [0.29, 0.717) is 19.6 Å². The van der Waals surface area contributed by atoms with Gasteiger partial charge in [0.2, 0.25) is 10.0 Å². The van der Waals surface area contributed by atoms with Crippen LogP contribution < -0.4 is 5.73 Å². The molecule has 1 unspecified atom stereocenters. The molecule has 1 aromatic rings. The Hall–Kier alpha value is -0.690. The molecule has 1 fully saturated rings. The van der Waals surface area contributed by atoms with Gasteiger partial charge in [-0.3, -0.25) is 0 Å². The highest BCUT2D eigenvalue weighted by Gasteiger charge is 2.39. The zero-order valence-electron chi connectivity index (χ0n) is 11.6. The second-order valence-corrected chi connectivity index (χ2v) is 7.37. The van der Waals surface area contributed by atoms with Gasteiger partial charge in [-0.05, 0) is 37.4 Å².